The van der Waals surface area contributed by atoms with Crippen LogP contribution in [0.2, 0.25) is 0 Å². The molecule has 1 N–H and O–H groups in total. The van der Waals surface area contributed by atoms with Crippen molar-refractivity contribution in [2.75, 3.05) is 7.11 Å². The first-order valence-electron chi connectivity index (χ1n) is 9.12. The van der Waals surface area contributed by atoms with Crippen molar-refractivity contribution in [2.24, 2.45) is 0 Å². The number of aliphatic hydroxyl groups is 1. The first kappa shape index (κ1) is 23.1. The maximum absolute atomic E-state index is 7.00. The van der Waals surface area contributed by atoms with Crippen LogP contribution in [-0.2, 0) is 6.42 Å². The lowest BCUT2D eigenvalue weighted by atomic mass is 10.0. The first-order chi connectivity index (χ1) is 12.0. The number of rotatable bonds is 9. The molecule has 1 heteroatoms. The highest BCUT2D eigenvalue weighted by Crippen LogP contribution is 2.14. The third-order valence-corrected chi connectivity index (χ3v) is 4.00. The number of benzene rings is 1. The second-order valence-electron chi connectivity index (χ2n) is 6.58. The molecule has 0 aliphatic heterocycles. The van der Waals surface area contributed by atoms with Gasteiger partial charge in [-0.1, -0.05) is 77.4 Å². The third kappa shape index (κ3) is 12.2. The van der Waals surface area contributed by atoms with Gasteiger partial charge in [-0.05, 0) is 65.4 Å². The van der Waals surface area contributed by atoms with E-state index in [1.165, 1.54) is 34.3 Å². The van der Waals surface area contributed by atoms with Crippen LogP contribution in [0.15, 0.2) is 71.9 Å². The number of hydrogen-bond acceptors (Lipinski definition) is 1. The monoisotopic (exact) mass is 340 g/mol. The van der Waals surface area contributed by atoms with E-state index in [9.17, 15) is 0 Å². The number of allylic oxidation sites excluding steroid dienone is 7. The lowest BCUT2D eigenvalue weighted by Crippen LogP contribution is -1.85. The molecule has 0 heterocycles. The zero-order valence-electron chi connectivity index (χ0n) is 16.8. The molecule has 0 atom stereocenters. The molecule has 0 saturated heterocycles. The van der Waals surface area contributed by atoms with Gasteiger partial charge in [0.2, 0.25) is 0 Å². The highest BCUT2D eigenvalue weighted by molar-refractivity contribution is 5.26. The van der Waals surface area contributed by atoms with Gasteiger partial charge in [0.25, 0.3) is 0 Å². The van der Waals surface area contributed by atoms with Crippen LogP contribution in [0.5, 0.6) is 0 Å². The van der Waals surface area contributed by atoms with E-state index in [1.54, 1.807) is 0 Å². The summed E-state index contributed by atoms with van der Waals surface area (Å²) < 4.78 is 0. The summed E-state index contributed by atoms with van der Waals surface area (Å²) in [5.41, 5.74) is 6.92. The van der Waals surface area contributed by atoms with E-state index >= 15 is 0 Å². The molecule has 138 valence electrons. The molecule has 1 aromatic rings. The van der Waals surface area contributed by atoms with Crippen LogP contribution in [0.25, 0.3) is 0 Å². The van der Waals surface area contributed by atoms with Crippen LogP contribution in [0.4, 0.5) is 0 Å². The van der Waals surface area contributed by atoms with E-state index in [1.807, 2.05) is 6.08 Å². The Labute approximate surface area is 155 Å². The molecule has 25 heavy (non-hydrogen) atoms. The minimum absolute atomic E-state index is 0.991. The largest absolute Gasteiger partial charge is 0.400 e. The van der Waals surface area contributed by atoms with Gasteiger partial charge in [0, 0.05) is 7.11 Å². The quantitative estimate of drug-likeness (QED) is 0.390. The molecule has 0 amide bonds. The van der Waals surface area contributed by atoms with Gasteiger partial charge in [0.1, 0.15) is 0 Å². The molecule has 0 bridgehead atoms. The van der Waals surface area contributed by atoms with Crippen LogP contribution in [0.3, 0.4) is 0 Å². The third-order valence-electron chi connectivity index (χ3n) is 4.00. The van der Waals surface area contributed by atoms with Crippen LogP contribution in [0.1, 0.15) is 57.6 Å². The molecule has 0 saturated carbocycles. The standard InChI is InChI=1S/C23H32.CH4O/c1-6-22(17-18-23-15-13-21(5)14-16-23)12-8-11-20(4)10-7-9-19(2)3;1-2/h6,9,11,13-17H,1,7-8,10,12,18H2,2-5H3;2H,1H3/b20-11+,22-17+;. The number of aryl methyl sites for hydroxylation is 1. The van der Waals surface area contributed by atoms with Crippen LogP contribution in [-0.4, -0.2) is 12.2 Å². The predicted octanol–water partition coefficient (Wildman–Crippen LogP) is 6.73. The van der Waals surface area contributed by atoms with Gasteiger partial charge < -0.3 is 5.11 Å². The van der Waals surface area contributed by atoms with Gasteiger partial charge in [-0.3, -0.25) is 0 Å². The highest BCUT2D eigenvalue weighted by Gasteiger charge is 1.95. The van der Waals surface area contributed by atoms with E-state index in [0.717, 1.165) is 32.8 Å². The molecule has 1 rings (SSSR count). The predicted molar refractivity (Wildman–Crippen MR) is 113 cm³/mol. The number of aliphatic hydroxyl groups excluding tert-OH is 1. The van der Waals surface area contributed by atoms with Crippen molar-refractivity contribution < 1.29 is 5.11 Å². The van der Waals surface area contributed by atoms with Crippen LogP contribution >= 0.6 is 0 Å². The van der Waals surface area contributed by atoms with Gasteiger partial charge in [-0.25, -0.2) is 0 Å². The van der Waals surface area contributed by atoms with E-state index in [4.69, 9.17) is 5.11 Å². The van der Waals surface area contributed by atoms with Crippen LogP contribution in [0, 0.1) is 6.92 Å². The smallest absolute Gasteiger partial charge is 0.0319 e. The Kier molecular flexibility index (Phi) is 13.4. The lowest BCUT2D eigenvalue weighted by Gasteiger charge is -2.03. The van der Waals surface area contributed by atoms with E-state index in [2.05, 4.69) is 76.8 Å². The van der Waals surface area contributed by atoms with Gasteiger partial charge in [0.15, 0.2) is 0 Å². The minimum atomic E-state index is 0.991. The molecule has 0 radical (unpaired) electrons. The first-order valence-corrected chi connectivity index (χ1v) is 9.12. The van der Waals surface area contributed by atoms with E-state index in [-0.39, 0.29) is 0 Å². The van der Waals surface area contributed by atoms with Crippen molar-refractivity contribution in [2.45, 2.75) is 59.8 Å². The molecule has 0 fully saturated rings. The molecule has 0 aliphatic rings. The van der Waals surface area contributed by atoms with E-state index < -0.39 is 0 Å². The molecule has 0 aliphatic carbocycles. The van der Waals surface area contributed by atoms with Crippen molar-refractivity contribution in [3.05, 3.63) is 83.0 Å². The summed E-state index contributed by atoms with van der Waals surface area (Å²) >= 11 is 0. The van der Waals surface area contributed by atoms with Gasteiger partial charge in [-0.2, -0.15) is 0 Å². The lowest BCUT2D eigenvalue weighted by molar-refractivity contribution is 0.399. The molecule has 0 spiro atoms. The Hall–Kier alpha value is -1.86. The molecular weight excluding hydrogens is 304 g/mol. The Morgan fingerprint density at radius 1 is 0.920 bits per heavy atom. The fourth-order valence-electron chi connectivity index (χ4n) is 2.44. The summed E-state index contributed by atoms with van der Waals surface area (Å²) in [6.45, 7) is 12.6. The summed E-state index contributed by atoms with van der Waals surface area (Å²) in [5, 5.41) is 7.00. The summed E-state index contributed by atoms with van der Waals surface area (Å²) in [5.74, 6) is 0. The van der Waals surface area contributed by atoms with Crippen molar-refractivity contribution >= 4 is 0 Å². The second-order valence-corrected chi connectivity index (χ2v) is 6.58. The average Bonchev–Trinajstić information content (AvgIpc) is 2.60. The molecule has 1 nitrogen and oxygen atoms in total. The van der Waals surface area contributed by atoms with Crippen molar-refractivity contribution in [1.82, 2.24) is 0 Å². The molecular formula is C24H36O. The van der Waals surface area contributed by atoms with E-state index in [0.29, 0.717) is 0 Å². The Bertz CT molecular complexity index is 567. The molecule has 0 unspecified atom stereocenters. The van der Waals surface area contributed by atoms with Gasteiger partial charge in [-0.15, -0.1) is 0 Å². The summed E-state index contributed by atoms with van der Waals surface area (Å²) in [4.78, 5) is 0. The normalized spacial score (nSPS) is 11.4. The zero-order chi connectivity index (χ0) is 19.1. The van der Waals surface area contributed by atoms with Crippen LogP contribution < -0.4 is 0 Å². The average molecular weight is 341 g/mol. The van der Waals surface area contributed by atoms with Gasteiger partial charge >= 0.3 is 0 Å². The second kappa shape index (κ2) is 14.5. The van der Waals surface area contributed by atoms with Crippen molar-refractivity contribution in [3.8, 4) is 0 Å². The number of hydrogen-bond donors (Lipinski definition) is 1. The highest BCUT2D eigenvalue weighted by atomic mass is 16.2. The Balaban J connectivity index is 0.00000277. The maximum Gasteiger partial charge on any atom is 0.0319 e. The summed E-state index contributed by atoms with van der Waals surface area (Å²) in [6, 6.07) is 8.77. The fourth-order valence-corrected chi connectivity index (χ4v) is 2.44. The van der Waals surface area contributed by atoms with Gasteiger partial charge in [0.05, 0.1) is 0 Å². The molecule has 0 aromatic heterocycles. The fraction of sp³-hybridized carbons (Fsp3) is 0.417. The zero-order valence-corrected chi connectivity index (χ0v) is 16.8. The SMILES string of the molecule is C=C/C(=C\Cc1ccc(C)cc1)CC/C=C(\C)CCC=C(C)C.CO. The maximum atomic E-state index is 7.00. The Morgan fingerprint density at radius 2 is 1.52 bits per heavy atom. The van der Waals surface area contributed by atoms with Crippen molar-refractivity contribution in [1.29, 1.82) is 0 Å². The van der Waals surface area contributed by atoms with Crippen molar-refractivity contribution in [3.63, 3.8) is 0 Å². The minimum Gasteiger partial charge on any atom is -0.400 e. The Morgan fingerprint density at radius 3 is 2.08 bits per heavy atom. The summed E-state index contributed by atoms with van der Waals surface area (Å²) in [6.07, 6.45) is 14.5. The topological polar surface area (TPSA) is 20.2 Å². The summed E-state index contributed by atoms with van der Waals surface area (Å²) in [7, 11) is 1.00. The molecule has 1 aromatic carbocycles.